The Hall–Kier alpha value is -1.31. The van der Waals surface area contributed by atoms with Crippen LogP contribution in [0.2, 0.25) is 0 Å². The average molecular weight is 336 g/mol. The molecular weight excluding hydrogens is 313 g/mol. The van der Waals surface area contributed by atoms with E-state index in [4.69, 9.17) is 4.74 Å². The van der Waals surface area contributed by atoms with E-state index in [2.05, 4.69) is 5.10 Å². The standard InChI is InChI=1S/C15H23F3N2O3/c1-13(2,3)23-12(21)20-14(22,15(16,17)18)9-11(19-20)10-7-5-4-6-8-10/h10,22H,4-9H2,1-3H3/t14-/m0/s1. The fourth-order valence-electron chi connectivity index (χ4n) is 2.95. The Bertz CT molecular complexity index is 493. The molecule has 132 valence electrons. The quantitative estimate of drug-likeness (QED) is 0.792. The van der Waals surface area contributed by atoms with Crippen LogP contribution in [-0.2, 0) is 4.74 Å². The monoisotopic (exact) mass is 336 g/mol. The molecular formula is C15H23F3N2O3. The number of halogens is 3. The van der Waals surface area contributed by atoms with Gasteiger partial charge in [0.1, 0.15) is 5.60 Å². The van der Waals surface area contributed by atoms with Crippen molar-refractivity contribution in [2.75, 3.05) is 0 Å². The zero-order valence-electron chi connectivity index (χ0n) is 13.6. The molecule has 5 nitrogen and oxygen atoms in total. The number of amides is 1. The van der Waals surface area contributed by atoms with Crippen LogP contribution in [0.1, 0.15) is 59.3 Å². The molecule has 2 rings (SSSR count). The predicted octanol–water partition coefficient (Wildman–Crippen LogP) is 3.81. The molecule has 1 aliphatic heterocycles. The van der Waals surface area contributed by atoms with Crippen molar-refractivity contribution in [3.05, 3.63) is 0 Å². The van der Waals surface area contributed by atoms with E-state index in [1.54, 1.807) is 20.8 Å². The summed E-state index contributed by atoms with van der Waals surface area (Å²) in [6.45, 7) is 4.62. The highest BCUT2D eigenvalue weighted by Crippen LogP contribution is 2.43. The van der Waals surface area contributed by atoms with E-state index in [9.17, 15) is 23.1 Å². The van der Waals surface area contributed by atoms with E-state index in [1.165, 1.54) is 0 Å². The summed E-state index contributed by atoms with van der Waals surface area (Å²) in [6.07, 6.45) is -2.67. The van der Waals surface area contributed by atoms with Gasteiger partial charge in [-0.25, -0.2) is 4.79 Å². The van der Waals surface area contributed by atoms with Gasteiger partial charge in [-0.1, -0.05) is 19.3 Å². The number of hydrazone groups is 1. The van der Waals surface area contributed by atoms with Gasteiger partial charge in [0.05, 0.1) is 0 Å². The molecule has 1 fully saturated rings. The minimum atomic E-state index is -5.01. The minimum absolute atomic E-state index is 0.0716. The molecule has 8 heteroatoms. The lowest BCUT2D eigenvalue weighted by atomic mass is 9.83. The molecule has 0 spiro atoms. The van der Waals surface area contributed by atoms with Gasteiger partial charge in [0.15, 0.2) is 0 Å². The lowest BCUT2D eigenvalue weighted by Gasteiger charge is -2.33. The van der Waals surface area contributed by atoms with Gasteiger partial charge in [-0.3, -0.25) is 0 Å². The van der Waals surface area contributed by atoms with Crippen molar-refractivity contribution in [1.82, 2.24) is 5.01 Å². The van der Waals surface area contributed by atoms with E-state index >= 15 is 0 Å². The highest BCUT2D eigenvalue weighted by atomic mass is 19.4. The zero-order valence-corrected chi connectivity index (χ0v) is 13.6. The van der Waals surface area contributed by atoms with Crippen molar-refractivity contribution in [2.45, 2.75) is 76.8 Å². The van der Waals surface area contributed by atoms with Gasteiger partial charge >= 0.3 is 12.3 Å². The first-order valence-corrected chi connectivity index (χ1v) is 7.84. The van der Waals surface area contributed by atoms with E-state index in [-0.39, 0.29) is 16.6 Å². The third kappa shape index (κ3) is 3.79. The Morgan fingerprint density at radius 2 is 1.83 bits per heavy atom. The molecule has 23 heavy (non-hydrogen) atoms. The SMILES string of the molecule is CC(C)(C)OC(=O)N1N=C(C2CCCCC2)C[C@]1(O)C(F)(F)F. The average Bonchev–Trinajstić information content (AvgIpc) is 2.77. The molecule has 0 saturated heterocycles. The second kappa shape index (κ2) is 5.96. The normalized spacial score (nSPS) is 27.1. The number of carbonyl (C=O) groups excluding carboxylic acids is 1. The maximum atomic E-state index is 13.4. The molecule has 0 radical (unpaired) electrons. The van der Waals surface area contributed by atoms with Crippen molar-refractivity contribution in [3.8, 4) is 0 Å². The Balaban J connectivity index is 2.28. The maximum absolute atomic E-state index is 13.4. The molecule has 1 atom stereocenters. The van der Waals surface area contributed by atoms with Gasteiger partial charge in [-0.05, 0) is 39.5 Å². The number of nitrogens with zero attached hydrogens (tertiary/aromatic N) is 2. The first kappa shape index (κ1) is 18.0. The molecule has 1 aliphatic carbocycles. The highest BCUT2D eigenvalue weighted by molar-refractivity contribution is 5.91. The Kier molecular flexibility index (Phi) is 4.67. The molecule has 0 aromatic carbocycles. The molecule has 1 saturated carbocycles. The molecule has 0 aromatic rings. The number of ether oxygens (including phenoxy) is 1. The van der Waals surface area contributed by atoms with Crippen LogP contribution in [-0.4, -0.2) is 39.4 Å². The van der Waals surface area contributed by atoms with Crippen molar-refractivity contribution >= 4 is 11.8 Å². The first-order chi connectivity index (χ1) is 10.4. The zero-order chi connectivity index (χ0) is 17.5. The van der Waals surface area contributed by atoms with Crippen LogP contribution in [0.15, 0.2) is 5.10 Å². The Morgan fingerprint density at radius 3 is 2.30 bits per heavy atom. The van der Waals surface area contributed by atoms with Crippen LogP contribution in [0, 0.1) is 5.92 Å². The van der Waals surface area contributed by atoms with Gasteiger partial charge in [0.2, 0.25) is 0 Å². The van der Waals surface area contributed by atoms with E-state index in [1.807, 2.05) is 0 Å². The summed E-state index contributed by atoms with van der Waals surface area (Å²) in [4.78, 5) is 12.1. The third-order valence-corrected chi connectivity index (χ3v) is 4.10. The van der Waals surface area contributed by atoms with Crippen LogP contribution in [0.3, 0.4) is 0 Å². The highest BCUT2D eigenvalue weighted by Gasteiger charge is 2.64. The number of hydrogen-bond acceptors (Lipinski definition) is 4. The largest absolute Gasteiger partial charge is 0.442 e. The van der Waals surface area contributed by atoms with Crippen LogP contribution in [0.25, 0.3) is 0 Å². The Morgan fingerprint density at radius 1 is 1.26 bits per heavy atom. The molecule has 1 heterocycles. The van der Waals surface area contributed by atoms with Gasteiger partial charge in [0.25, 0.3) is 5.72 Å². The van der Waals surface area contributed by atoms with Crippen molar-refractivity contribution in [3.63, 3.8) is 0 Å². The second-order valence-electron chi connectivity index (χ2n) is 7.21. The van der Waals surface area contributed by atoms with Crippen molar-refractivity contribution in [2.24, 2.45) is 11.0 Å². The molecule has 0 unspecified atom stereocenters. The maximum Gasteiger partial charge on any atom is 0.439 e. The van der Waals surface area contributed by atoms with E-state index in [0.717, 1.165) is 32.1 Å². The molecule has 1 amide bonds. The Labute approximate surface area is 133 Å². The minimum Gasteiger partial charge on any atom is -0.442 e. The van der Waals surface area contributed by atoms with E-state index in [0.29, 0.717) is 0 Å². The number of rotatable bonds is 1. The smallest absolute Gasteiger partial charge is 0.439 e. The number of alkyl halides is 3. The van der Waals surface area contributed by atoms with Gasteiger partial charge in [0, 0.05) is 12.1 Å². The molecule has 0 bridgehead atoms. The summed E-state index contributed by atoms with van der Waals surface area (Å²) >= 11 is 0. The summed E-state index contributed by atoms with van der Waals surface area (Å²) in [5, 5.41) is 14.0. The van der Waals surface area contributed by atoms with Gasteiger partial charge in [-0.15, -0.1) is 0 Å². The first-order valence-electron chi connectivity index (χ1n) is 7.84. The lowest BCUT2D eigenvalue weighted by Crippen LogP contribution is -2.57. The summed E-state index contributed by atoms with van der Waals surface area (Å²) in [5.41, 5.74) is -4.08. The van der Waals surface area contributed by atoms with E-state index < -0.39 is 30.0 Å². The predicted molar refractivity (Wildman–Crippen MR) is 77.7 cm³/mol. The molecule has 2 aliphatic rings. The molecule has 0 aromatic heterocycles. The number of hydrogen-bond donors (Lipinski definition) is 1. The molecule has 1 N–H and O–H groups in total. The summed E-state index contributed by atoms with van der Waals surface area (Å²) in [7, 11) is 0. The van der Waals surface area contributed by atoms with Gasteiger partial charge < -0.3 is 9.84 Å². The summed E-state index contributed by atoms with van der Waals surface area (Å²) in [5.74, 6) is -0.120. The van der Waals surface area contributed by atoms with Crippen molar-refractivity contribution in [1.29, 1.82) is 0 Å². The van der Waals surface area contributed by atoms with Gasteiger partial charge in [-0.2, -0.15) is 23.3 Å². The summed E-state index contributed by atoms with van der Waals surface area (Å²) < 4.78 is 45.0. The summed E-state index contributed by atoms with van der Waals surface area (Å²) in [6, 6.07) is 0. The van der Waals surface area contributed by atoms with Crippen LogP contribution >= 0.6 is 0 Å². The van der Waals surface area contributed by atoms with Crippen molar-refractivity contribution < 1.29 is 27.8 Å². The lowest BCUT2D eigenvalue weighted by molar-refractivity contribution is -0.300. The fraction of sp³-hybridized carbons (Fsp3) is 0.867. The van der Waals surface area contributed by atoms with Crippen LogP contribution in [0.5, 0.6) is 0 Å². The number of carbonyl (C=O) groups is 1. The van der Waals surface area contributed by atoms with Crippen LogP contribution < -0.4 is 0 Å². The number of aliphatic hydroxyl groups is 1. The topological polar surface area (TPSA) is 62.1 Å². The fourth-order valence-corrected chi connectivity index (χ4v) is 2.95. The second-order valence-corrected chi connectivity index (χ2v) is 7.21. The third-order valence-electron chi connectivity index (χ3n) is 4.10. The van der Waals surface area contributed by atoms with Crippen LogP contribution in [0.4, 0.5) is 18.0 Å².